The van der Waals surface area contributed by atoms with Crippen molar-refractivity contribution in [2.75, 3.05) is 11.1 Å². The van der Waals surface area contributed by atoms with Gasteiger partial charge in [-0.15, -0.1) is 11.3 Å². The SMILES string of the molecule is O=[S@@]1CCc2nc(Cl)nc(NCc3cncs3)c21. The number of nitrogens with one attached hydrogen (secondary N) is 1. The summed E-state index contributed by atoms with van der Waals surface area (Å²) < 4.78 is 11.9. The molecule has 0 saturated heterocycles. The van der Waals surface area contributed by atoms with E-state index in [1.165, 1.54) is 0 Å². The Morgan fingerprint density at radius 2 is 2.39 bits per heavy atom. The molecule has 0 saturated carbocycles. The second kappa shape index (κ2) is 4.91. The average molecular weight is 301 g/mol. The first kappa shape index (κ1) is 12.0. The van der Waals surface area contributed by atoms with E-state index < -0.39 is 10.8 Å². The van der Waals surface area contributed by atoms with Gasteiger partial charge in [0.1, 0.15) is 10.7 Å². The third kappa shape index (κ3) is 2.25. The van der Waals surface area contributed by atoms with Crippen LogP contribution in [0.3, 0.4) is 0 Å². The molecule has 1 atom stereocenters. The van der Waals surface area contributed by atoms with Crippen LogP contribution < -0.4 is 5.32 Å². The molecule has 0 bridgehead atoms. The summed E-state index contributed by atoms with van der Waals surface area (Å²) in [4.78, 5) is 14.0. The van der Waals surface area contributed by atoms with Gasteiger partial charge in [0, 0.05) is 23.2 Å². The molecule has 0 radical (unpaired) electrons. The smallest absolute Gasteiger partial charge is 0.224 e. The molecule has 0 unspecified atom stereocenters. The molecule has 1 aliphatic heterocycles. The quantitative estimate of drug-likeness (QED) is 0.876. The fourth-order valence-corrected chi connectivity index (χ4v) is 3.83. The van der Waals surface area contributed by atoms with Gasteiger partial charge < -0.3 is 5.32 Å². The van der Waals surface area contributed by atoms with Crippen molar-refractivity contribution in [3.05, 3.63) is 27.6 Å². The Labute approximate surface area is 115 Å². The summed E-state index contributed by atoms with van der Waals surface area (Å²) in [5.74, 6) is 1.17. The molecule has 94 valence electrons. The molecule has 18 heavy (non-hydrogen) atoms. The summed E-state index contributed by atoms with van der Waals surface area (Å²) in [6.45, 7) is 0.599. The van der Waals surface area contributed by atoms with Gasteiger partial charge in [-0.1, -0.05) is 0 Å². The van der Waals surface area contributed by atoms with Gasteiger partial charge >= 0.3 is 0 Å². The fraction of sp³-hybridized carbons (Fsp3) is 0.300. The van der Waals surface area contributed by atoms with Gasteiger partial charge in [-0.3, -0.25) is 9.19 Å². The minimum atomic E-state index is -1.02. The van der Waals surface area contributed by atoms with Crippen LogP contribution in [0.5, 0.6) is 0 Å². The lowest BCUT2D eigenvalue weighted by Gasteiger charge is -2.08. The van der Waals surface area contributed by atoms with E-state index in [2.05, 4.69) is 20.3 Å². The molecule has 3 rings (SSSR count). The Hall–Kier alpha value is -1.05. The Morgan fingerprint density at radius 1 is 1.50 bits per heavy atom. The zero-order chi connectivity index (χ0) is 12.5. The lowest BCUT2D eigenvalue weighted by molar-refractivity contribution is 0.685. The summed E-state index contributed by atoms with van der Waals surface area (Å²) in [6.07, 6.45) is 2.48. The van der Waals surface area contributed by atoms with E-state index in [1.807, 2.05) is 0 Å². The van der Waals surface area contributed by atoms with Gasteiger partial charge in [-0.2, -0.15) is 4.98 Å². The Kier molecular flexibility index (Phi) is 3.27. The monoisotopic (exact) mass is 300 g/mol. The maximum absolute atomic E-state index is 11.9. The number of fused-ring (bicyclic) bond motifs is 1. The average Bonchev–Trinajstić information content (AvgIpc) is 2.96. The van der Waals surface area contributed by atoms with E-state index in [-0.39, 0.29) is 5.28 Å². The van der Waals surface area contributed by atoms with E-state index in [1.54, 1.807) is 23.0 Å². The number of hydrogen-bond donors (Lipinski definition) is 1. The topological polar surface area (TPSA) is 67.8 Å². The molecule has 0 aliphatic carbocycles. The molecule has 2 aromatic heterocycles. The van der Waals surface area contributed by atoms with Crippen LogP contribution in [-0.2, 0) is 23.8 Å². The predicted molar refractivity (Wildman–Crippen MR) is 71.5 cm³/mol. The zero-order valence-electron chi connectivity index (χ0n) is 9.22. The molecule has 5 nitrogen and oxygen atoms in total. The van der Waals surface area contributed by atoms with Crippen LogP contribution in [0.25, 0.3) is 0 Å². The minimum absolute atomic E-state index is 0.194. The van der Waals surface area contributed by atoms with Crippen molar-refractivity contribution in [1.29, 1.82) is 0 Å². The molecule has 1 aliphatic rings. The van der Waals surface area contributed by atoms with E-state index in [4.69, 9.17) is 11.6 Å². The molecule has 0 spiro atoms. The van der Waals surface area contributed by atoms with Crippen molar-refractivity contribution >= 4 is 39.6 Å². The van der Waals surface area contributed by atoms with Crippen LogP contribution >= 0.6 is 22.9 Å². The molecule has 2 aromatic rings. The normalized spacial score (nSPS) is 17.7. The highest BCUT2D eigenvalue weighted by molar-refractivity contribution is 7.85. The number of anilines is 1. The molecule has 1 N–H and O–H groups in total. The predicted octanol–water partition coefficient (Wildman–Crippen LogP) is 1.86. The van der Waals surface area contributed by atoms with Crippen LogP contribution in [0.15, 0.2) is 16.6 Å². The second-order valence-corrected chi connectivity index (χ2v) is 6.55. The van der Waals surface area contributed by atoms with Crippen molar-refractivity contribution in [2.45, 2.75) is 17.9 Å². The highest BCUT2D eigenvalue weighted by Crippen LogP contribution is 2.29. The zero-order valence-corrected chi connectivity index (χ0v) is 11.6. The van der Waals surface area contributed by atoms with Crippen molar-refractivity contribution in [2.24, 2.45) is 0 Å². The first-order valence-corrected chi connectivity index (χ1v) is 7.87. The summed E-state index contributed by atoms with van der Waals surface area (Å²) in [7, 11) is -1.02. The first-order valence-electron chi connectivity index (χ1n) is 5.30. The van der Waals surface area contributed by atoms with Gasteiger partial charge in [-0.25, -0.2) is 4.98 Å². The van der Waals surface area contributed by atoms with E-state index in [0.29, 0.717) is 29.4 Å². The maximum Gasteiger partial charge on any atom is 0.224 e. The molecular formula is C10H9ClN4OS2. The third-order valence-corrected chi connectivity index (χ3v) is 4.98. The second-order valence-electron chi connectivity index (χ2n) is 3.74. The molecule has 0 amide bonds. The standard InChI is InChI=1S/C10H9ClN4OS2/c11-10-14-7-1-2-18(16)8(7)9(15-10)13-4-6-3-12-5-17-6/h3,5H,1-2,4H2,(H,13,14,15)/t18-/m1/s1. The van der Waals surface area contributed by atoms with Crippen molar-refractivity contribution in [3.8, 4) is 0 Å². The number of halogens is 1. The van der Waals surface area contributed by atoms with Gasteiger partial charge in [0.2, 0.25) is 5.28 Å². The number of thiazole rings is 1. The summed E-state index contributed by atoms with van der Waals surface area (Å²) in [5.41, 5.74) is 2.56. The Balaban J connectivity index is 1.89. The van der Waals surface area contributed by atoms with E-state index >= 15 is 0 Å². The van der Waals surface area contributed by atoms with Crippen LogP contribution in [0.2, 0.25) is 5.28 Å². The molecule has 0 fully saturated rings. The van der Waals surface area contributed by atoms with Crippen molar-refractivity contribution in [3.63, 3.8) is 0 Å². The molecule has 3 heterocycles. The first-order chi connectivity index (χ1) is 8.74. The van der Waals surface area contributed by atoms with E-state index in [9.17, 15) is 4.21 Å². The number of nitrogens with zero attached hydrogens (tertiary/aromatic N) is 3. The van der Waals surface area contributed by atoms with Crippen LogP contribution in [0.4, 0.5) is 5.82 Å². The van der Waals surface area contributed by atoms with Crippen LogP contribution in [0, 0.1) is 0 Å². The number of hydrogen-bond acceptors (Lipinski definition) is 6. The van der Waals surface area contributed by atoms with Crippen molar-refractivity contribution < 1.29 is 4.21 Å². The van der Waals surface area contributed by atoms with Crippen LogP contribution in [0.1, 0.15) is 10.6 Å². The van der Waals surface area contributed by atoms with Crippen molar-refractivity contribution in [1.82, 2.24) is 15.0 Å². The fourth-order valence-electron chi connectivity index (χ4n) is 1.79. The number of aromatic nitrogens is 3. The number of rotatable bonds is 3. The largest absolute Gasteiger partial charge is 0.364 e. The molecule has 8 heteroatoms. The van der Waals surface area contributed by atoms with Gasteiger partial charge in [0.15, 0.2) is 0 Å². The lowest BCUT2D eigenvalue weighted by Crippen LogP contribution is -2.06. The summed E-state index contributed by atoms with van der Waals surface area (Å²) >= 11 is 7.42. The molecule has 0 aromatic carbocycles. The molecular weight excluding hydrogens is 292 g/mol. The maximum atomic E-state index is 11.9. The highest BCUT2D eigenvalue weighted by atomic mass is 35.5. The highest BCUT2D eigenvalue weighted by Gasteiger charge is 2.25. The van der Waals surface area contributed by atoms with Gasteiger partial charge in [-0.05, 0) is 11.6 Å². The number of aryl methyl sites for hydroxylation is 1. The Morgan fingerprint density at radius 3 is 3.17 bits per heavy atom. The lowest BCUT2D eigenvalue weighted by atomic mass is 10.3. The van der Waals surface area contributed by atoms with E-state index in [0.717, 1.165) is 10.6 Å². The summed E-state index contributed by atoms with van der Waals surface area (Å²) in [5, 5.41) is 3.35. The third-order valence-electron chi connectivity index (χ3n) is 2.57. The summed E-state index contributed by atoms with van der Waals surface area (Å²) in [6, 6.07) is 0. The van der Waals surface area contributed by atoms with Gasteiger partial charge in [0.05, 0.1) is 28.5 Å². The van der Waals surface area contributed by atoms with Gasteiger partial charge in [0.25, 0.3) is 0 Å². The minimum Gasteiger partial charge on any atom is -0.364 e. The van der Waals surface area contributed by atoms with Crippen LogP contribution in [-0.4, -0.2) is 24.9 Å². The Bertz CT molecular complexity index is 602.